The minimum absolute atomic E-state index is 0.0931. The molecule has 0 saturated carbocycles. The van der Waals surface area contributed by atoms with Gasteiger partial charge in [-0.15, -0.1) is 0 Å². The van der Waals surface area contributed by atoms with Gasteiger partial charge in [-0.3, -0.25) is 14.4 Å². The molecule has 0 atom stereocenters. The molecule has 2 aliphatic rings. The Morgan fingerprint density at radius 2 is 1.50 bits per heavy atom. The third-order valence-corrected chi connectivity index (χ3v) is 4.52. The second-order valence-corrected chi connectivity index (χ2v) is 6.46. The SMILES string of the molecule is O=C(Nc1ccc(N2CCCC2=O)cc1)C(=O)Nc1ccc2c(c1)OCCO2. The van der Waals surface area contributed by atoms with Gasteiger partial charge in [0.05, 0.1) is 0 Å². The first-order valence-electron chi connectivity index (χ1n) is 9.02. The van der Waals surface area contributed by atoms with Crippen LogP contribution in [0.4, 0.5) is 17.1 Å². The van der Waals surface area contributed by atoms with Crippen LogP contribution in [0, 0.1) is 0 Å². The lowest BCUT2D eigenvalue weighted by molar-refractivity contribution is -0.133. The van der Waals surface area contributed by atoms with Crippen LogP contribution in [0.25, 0.3) is 0 Å². The molecule has 0 radical (unpaired) electrons. The smallest absolute Gasteiger partial charge is 0.314 e. The Hall–Kier alpha value is -3.55. The molecule has 8 heteroatoms. The van der Waals surface area contributed by atoms with E-state index in [1.807, 2.05) is 0 Å². The Labute approximate surface area is 161 Å². The maximum atomic E-state index is 12.2. The van der Waals surface area contributed by atoms with Crippen molar-refractivity contribution < 1.29 is 23.9 Å². The second kappa shape index (κ2) is 7.59. The van der Waals surface area contributed by atoms with Crippen LogP contribution in [0.5, 0.6) is 11.5 Å². The summed E-state index contributed by atoms with van der Waals surface area (Å²) in [4.78, 5) is 37.8. The average molecular weight is 381 g/mol. The Kier molecular flexibility index (Phi) is 4.84. The summed E-state index contributed by atoms with van der Waals surface area (Å²) < 4.78 is 10.9. The van der Waals surface area contributed by atoms with Crippen molar-refractivity contribution in [3.8, 4) is 11.5 Å². The molecule has 144 valence electrons. The van der Waals surface area contributed by atoms with Gasteiger partial charge >= 0.3 is 11.8 Å². The molecule has 2 N–H and O–H groups in total. The number of nitrogens with one attached hydrogen (secondary N) is 2. The number of anilines is 3. The Balaban J connectivity index is 1.36. The van der Waals surface area contributed by atoms with E-state index in [0.29, 0.717) is 49.1 Å². The van der Waals surface area contributed by atoms with Gasteiger partial charge in [0.25, 0.3) is 0 Å². The zero-order valence-electron chi connectivity index (χ0n) is 15.1. The Bertz CT molecular complexity index is 926. The molecular formula is C20H19N3O5. The van der Waals surface area contributed by atoms with Crippen LogP contribution in [-0.2, 0) is 14.4 Å². The fourth-order valence-electron chi connectivity index (χ4n) is 3.14. The number of benzene rings is 2. The zero-order chi connectivity index (χ0) is 19.5. The lowest BCUT2D eigenvalue weighted by Gasteiger charge is -2.19. The molecule has 2 aliphatic heterocycles. The first-order chi connectivity index (χ1) is 13.6. The van der Waals surface area contributed by atoms with Gasteiger partial charge in [0, 0.05) is 36.1 Å². The lowest BCUT2D eigenvalue weighted by atomic mass is 10.2. The highest BCUT2D eigenvalue weighted by atomic mass is 16.6. The van der Waals surface area contributed by atoms with E-state index in [1.165, 1.54) is 0 Å². The predicted octanol–water partition coefficient (Wildman–Crippen LogP) is 2.16. The summed E-state index contributed by atoms with van der Waals surface area (Å²) in [7, 11) is 0. The van der Waals surface area contributed by atoms with Gasteiger partial charge < -0.3 is 25.0 Å². The normalized spacial score (nSPS) is 15.3. The number of carbonyl (C=O) groups excluding carboxylic acids is 3. The molecule has 2 aromatic rings. The largest absolute Gasteiger partial charge is 0.486 e. The third-order valence-electron chi connectivity index (χ3n) is 4.52. The number of hydrogen-bond donors (Lipinski definition) is 2. The fraction of sp³-hybridized carbons (Fsp3) is 0.250. The molecule has 0 aromatic heterocycles. The molecule has 1 saturated heterocycles. The highest BCUT2D eigenvalue weighted by molar-refractivity contribution is 6.43. The van der Waals surface area contributed by atoms with Crippen molar-refractivity contribution in [2.45, 2.75) is 12.8 Å². The minimum Gasteiger partial charge on any atom is -0.486 e. The molecule has 0 unspecified atom stereocenters. The lowest BCUT2D eigenvalue weighted by Crippen LogP contribution is -2.29. The molecule has 2 heterocycles. The summed E-state index contributed by atoms with van der Waals surface area (Å²) in [5.74, 6) is -0.368. The van der Waals surface area contributed by atoms with Gasteiger partial charge in [-0.05, 0) is 42.8 Å². The maximum Gasteiger partial charge on any atom is 0.314 e. The van der Waals surface area contributed by atoms with Gasteiger partial charge in [-0.1, -0.05) is 0 Å². The first-order valence-corrected chi connectivity index (χ1v) is 9.02. The van der Waals surface area contributed by atoms with Crippen LogP contribution in [0.3, 0.4) is 0 Å². The molecule has 0 bridgehead atoms. The Morgan fingerprint density at radius 1 is 0.857 bits per heavy atom. The number of nitrogens with zero attached hydrogens (tertiary/aromatic N) is 1. The molecule has 28 heavy (non-hydrogen) atoms. The molecular weight excluding hydrogens is 362 g/mol. The quantitative estimate of drug-likeness (QED) is 0.794. The third kappa shape index (κ3) is 3.75. The van der Waals surface area contributed by atoms with Crippen molar-refractivity contribution in [2.75, 3.05) is 35.3 Å². The van der Waals surface area contributed by atoms with Crippen LogP contribution < -0.4 is 25.0 Å². The van der Waals surface area contributed by atoms with E-state index in [2.05, 4.69) is 10.6 Å². The average Bonchev–Trinajstić information content (AvgIpc) is 3.14. The highest BCUT2D eigenvalue weighted by Gasteiger charge is 2.22. The minimum atomic E-state index is -0.796. The highest BCUT2D eigenvalue weighted by Crippen LogP contribution is 2.32. The second-order valence-electron chi connectivity index (χ2n) is 6.46. The summed E-state index contributed by atoms with van der Waals surface area (Å²) in [6.07, 6.45) is 1.40. The summed E-state index contributed by atoms with van der Waals surface area (Å²) in [5, 5.41) is 5.08. The van der Waals surface area contributed by atoms with E-state index in [4.69, 9.17) is 9.47 Å². The summed E-state index contributed by atoms with van der Waals surface area (Å²) in [6, 6.07) is 11.8. The van der Waals surface area contributed by atoms with Gasteiger partial charge in [-0.25, -0.2) is 0 Å². The van der Waals surface area contributed by atoms with Gasteiger partial charge in [-0.2, -0.15) is 0 Å². The number of fused-ring (bicyclic) bond motifs is 1. The van der Waals surface area contributed by atoms with Crippen molar-refractivity contribution in [3.05, 3.63) is 42.5 Å². The van der Waals surface area contributed by atoms with Crippen LogP contribution in [-0.4, -0.2) is 37.5 Å². The summed E-state index contributed by atoms with van der Waals surface area (Å²) in [6.45, 7) is 1.61. The number of hydrogen-bond acceptors (Lipinski definition) is 5. The van der Waals surface area contributed by atoms with Crippen molar-refractivity contribution in [1.82, 2.24) is 0 Å². The van der Waals surface area contributed by atoms with E-state index in [-0.39, 0.29) is 5.91 Å². The van der Waals surface area contributed by atoms with Crippen LogP contribution in [0.1, 0.15) is 12.8 Å². The molecule has 3 amide bonds. The number of amides is 3. The van der Waals surface area contributed by atoms with Crippen molar-refractivity contribution >= 4 is 34.8 Å². The predicted molar refractivity (Wildman–Crippen MR) is 103 cm³/mol. The van der Waals surface area contributed by atoms with E-state index < -0.39 is 11.8 Å². The van der Waals surface area contributed by atoms with Crippen molar-refractivity contribution in [2.24, 2.45) is 0 Å². The molecule has 8 nitrogen and oxygen atoms in total. The van der Waals surface area contributed by atoms with Gasteiger partial charge in [0.15, 0.2) is 11.5 Å². The molecule has 1 fully saturated rings. The van der Waals surface area contributed by atoms with E-state index in [1.54, 1.807) is 47.4 Å². The van der Waals surface area contributed by atoms with Gasteiger partial charge in [0.1, 0.15) is 13.2 Å². The first kappa shape index (κ1) is 17.8. The van der Waals surface area contributed by atoms with Crippen LogP contribution in [0.2, 0.25) is 0 Å². The van der Waals surface area contributed by atoms with Gasteiger partial charge in [0.2, 0.25) is 5.91 Å². The fourth-order valence-corrected chi connectivity index (χ4v) is 3.14. The van der Waals surface area contributed by atoms with E-state index >= 15 is 0 Å². The molecule has 0 aliphatic carbocycles. The van der Waals surface area contributed by atoms with Crippen molar-refractivity contribution in [1.29, 1.82) is 0 Å². The topological polar surface area (TPSA) is 97.0 Å². The van der Waals surface area contributed by atoms with E-state index in [0.717, 1.165) is 12.1 Å². The number of carbonyl (C=O) groups is 3. The van der Waals surface area contributed by atoms with Crippen LogP contribution >= 0.6 is 0 Å². The monoisotopic (exact) mass is 381 g/mol. The van der Waals surface area contributed by atoms with Crippen molar-refractivity contribution in [3.63, 3.8) is 0 Å². The number of ether oxygens (including phenoxy) is 2. The van der Waals surface area contributed by atoms with E-state index in [9.17, 15) is 14.4 Å². The summed E-state index contributed by atoms with van der Waals surface area (Å²) >= 11 is 0. The Morgan fingerprint density at radius 3 is 2.18 bits per heavy atom. The van der Waals surface area contributed by atoms with Crippen LogP contribution in [0.15, 0.2) is 42.5 Å². The molecule has 2 aromatic carbocycles. The zero-order valence-corrected chi connectivity index (χ0v) is 15.1. The molecule has 4 rings (SSSR count). The molecule has 0 spiro atoms. The summed E-state index contributed by atoms with van der Waals surface area (Å²) in [5.41, 5.74) is 1.69. The standard InChI is InChI=1S/C20H19N3O5/c24-18-2-1-9-23(18)15-6-3-13(4-7-15)21-19(25)20(26)22-14-5-8-16-17(12-14)28-11-10-27-16/h3-8,12H,1-2,9-11H2,(H,21,25)(H,22,26). The maximum absolute atomic E-state index is 12.2. The number of rotatable bonds is 3.